The highest BCUT2D eigenvalue weighted by molar-refractivity contribution is 7.90. The van der Waals surface area contributed by atoms with Gasteiger partial charge in [0.25, 0.3) is 5.91 Å². The third-order valence-corrected chi connectivity index (χ3v) is 6.83. The van der Waals surface area contributed by atoms with Crippen molar-refractivity contribution < 1.29 is 13.2 Å². The molecule has 2 heterocycles. The summed E-state index contributed by atoms with van der Waals surface area (Å²) in [5, 5.41) is 0. The molecule has 6 heteroatoms. The number of benzene rings is 1. The molecule has 0 bridgehead atoms. The van der Waals surface area contributed by atoms with Crippen LogP contribution in [0.4, 0.5) is 0 Å². The molecule has 5 nitrogen and oxygen atoms in total. The van der Waals surface area contributed by atoms with Crippen LogP contribution in [0.15, 0.2) is 23.1 Å². The van der Waals surface area contributed by atoms with Crippen LogP contribution >= 0.6 is 0 Å². The van der Waals surface area contributed by atoms with Crippen molar-refractivity contribution in [2.45, 2.75) is 56.4 Å². The van der Waals surface area contributed by atoms with Crippen molar-refractivity contribution in [2.24, 2.45) is 0 Å². The molecule has 2 fully saturated rings. The average Bonchev–Trinajstić information content (AvgIpc) is 3.08. The van der Waals surface area contributed by atoms with Crippen molar-refractivity contribution in [3.8, 4) is 0 Å². The lowest BCUT2D eigenvalue weighted by atomic mass is 10.1. The minimum atomic E-state index is -3.34. The van der Waals surface area contributed by atoms with Gasteiger partial charge in [0, 0.05) is 31.0 Å². The molecule has 2 aliphatic heterocycles. The van der Waals surface area contributed by atoms with Gasteiger partial charge in [0.1, 0.15) is 0 Å². The molecule has 3 rings (SSSR count). The van der Waals surface area contributed by atoms with Crippen LogP contribution in [0.1, 0.15) is 54.9 Å². The molecule has 0 aromatic heterocycles. The number of amides is 1. The van der Waals surface area contributed by atoms with Gasteiger partial charge in [-0.25, -0.2) is 8.42 Å². The van der Waals surface area contributed by atoms with Gasteiger partial charge in [-0.2, -0.15) is 0 Å². The van der Waals surface area contributed by atoms with Crippen LogP contribution in [-0.4, -0.2) is 62.6 Å². The minimum absolute atomic E-state index is 0.0305. The molecular formula is C20H30N2O3S. The third-order valence-electron chi connectivity index (χ3n) is 5.65. The first-order chi connectivity index (χ1) is 12.4. The Hall–Kier alpha value is -1.40. The summed E-state index contributed by atoms with van der Waals surface area (Å²) in [5.74, 6) is -0.0305. The second-order valence-corrected chi connectivity index (χ2v) is 9.59. The molecule has 0 radical (unpaired) electrons. The van der Waals surface area contributed by atoms with Crippen molar-refractivity contribution in [1.29, 1.82) is 0 Å². The van der Waals surface area contributed by atoms with Gasteiger partial charge in [-0.15, -0.1) is 0 Å². The lowest BCUT2D eigenvalue weighted by Gasteiger charge is -2.33. The van der Waals surface area contributed by atoms with E-state index >= 15 is 0 Å². The fourth-order valence-electron chi connectivity index (χ4n) is 4.22. The fraction of sp³-hybridized carbons (Fsp3) is 0.650. The van der Waals surface area contributed by atoms with E-state index in [0.29, 0.717) is 12.0 Å². The van der Waals surface area contributed by atoms with Crippen molar-refractivity contribution >= 4 is 15.7 Å². The van der Waals surface area contributed by atoms with Crippen LogP contribution in [0, 0.1) is 0 Å². The van der Waals surface area contributed by atoms with E-state index in [2.05, 4.69) is 4.90 Å². The van der Waals surface area contributed by atoms with Gasteiger partial charge in [0.2, 0.25) is 0 Å². The zero-order valence-electron chi connectivity index (χ0n) is 15.9. The summed E-state index contributed by atoms with van der Waals surface area (Å²) >= 11 is 0. The van der Waals surface area contributed by atoms with Crippen molar-refractivity contribution in [1.82, 2.24) is 9.80 Å². The number of rotatable bonds is 5. The molecule has 2 aliphatic rings. The summed E-state index contributed by atoms with van der Waals surface area (Å²) in [5.41, 5.74) is 1.27. The zero-order chi connectivity index (χ0) is 18.7. The highest BCUT2D eigenvalue weighted by Gasteiger charge is 2.31. The Balaban J connectivity index is 1.79. The number of nitrogens with zero attached hydrogens (tertiary/aromatic N) is 2. The van der Waals surface area contributed by atoms with E-state index in [9.17, 15) is 13.2 Å². The second-order valence-electron chi connectivity index (χ2n) is 7.60. The van der Waals surface area contributed by atoms with Crippen LogP contribution in [0.25, 0.3) is 0 Å². The smallest absolute Gasteiger partial charge is 0.254 e. The maximum atomic E-state index is 13.1. The minimum Gasteiger partial charge on any atom is -0.334 e. The predicted molar refractivity (Wildman–Crippen MR) is 103 cm³/mol. The van der Waals surface area contributed by atoms with E-state index in [4.69, 9.17) is 0 Å². The van der Waals surface area contributed by atoms with Gasteiger partial charge in [-0.05, 0) is 62.9 Å². The number of carbonyl (C=O) groups excluding carboxylic acids is 1. The monoisotopic (exact) mass is 378 g/mol. The Morgan fingerprint density at radius 2 is 1.85 bits per heavy atom. The van der Waals surface area contributed by atoms with Crippen LogP contribution < -0.4 is 0 Å². The summed E-state index contributed by atoms with van der Waals surface area (Å²) in [7, 11) is -3.34. The lowest BCUT2D eigenvalue weighted by Crippen LogP contribution is -2.44. The average molecular weight is 379 g/mol. The van der Waals surface area contributed by atoms with Gasteiger partial charge in [-0.3, -0.25) is 4.79 Å². The Kier molecular flexibility index (Phi) is 6.03. The topological polar surface area (TPSA) is 57.7 Å². The number of hydrogen-bond donors (Lipinski definition) is 0. The molecule has 1 amide bonds. The first kappa shape index (κ1) is 19.4. The standard InChI is InChI=1S/C20H30N2O3S/c1-3-16-9-10-17(14-19(16)26(2,24)25)20(23)22-13-7-8-18(22)15-21-11-5-4-6-12-21/h9-10,14,18H,3-8,11-13,15H2,1-2H3. The van der Waals surface area contributed by atoms with Crippen molar-refractivity contribution in [3.63, 3.8) is 0 Å². The quantitative estimate of drug-likeness (QED) is 0.790. The fourth-order valence-corrected chi connectivity index (χ4v) is 5.25. The van der Waals surface area contributed by atoms with Crippen LogP contribution in [0.3, 0.4) is 0 Å². The molecule has 1 atom stereocenters. The first-order valence-electron chi connectivity index (χ1n) is 9.76. The van der Waals surface area contributed by atoms with Crippen LogP contribution in [0.5, 0.6) is 0 Å². The van der Waals surface area contributed by atoms with E-state index in [1.165, 1.54) is 25.5 Å². The molecule has 0 spiro atoms. The Morgan fingerprint density at radius 1 is 1.12 bits per heavy atom. The zero-order valence-corrected chi connectivity index (χ0v) is 16.7. The van der Waals surface area contributed by atoms with E-state index < -0.39 is 9.84 Å². The molecule has 2 saturated heterocycles. The number of aryl methyl sites for hydroxylation is 1. The summed E-state index contributed by atoms with van der Waals surface area (Å²) in [6, 6.07) is 5.39. The molecule has 1 aromatic rings. The SMILES string of the molecule is CCc1ccc(C(=O)N2CCCC2CN2CCCCC2)cc1S(C)(=O)=O. The second kappa shape index (κ2) is 8.09. The number of carbonyl (C=O) groups is 1. The Bertz CT molecular complexity index is 754. The molecule has 0 N–H and O–H groups in total. The van der Waals surface area contributed by atoms with E-state index in [-0.39, 0.29) is 16.8 Å². The largest absolute Gasteiger partial charge is 0.334 e. The van der Waals surface area contributed by atoms with E-state index in [1.54, 1.807) is 18.2 Å². The molecular weight excluding hydrogens is 348 g/mol. The Morgan fingerprint density at radius 3 is 2.50 bits per heavy atom. The number of likely N-dealkylation sites (tertiary alicyclic amines) is 2. The maximum absolute atomic E-state index is 13.1. The molecule has 1 aromatic carbocycles. The summed E-state index contributed by atoms with van der Waals surface area (Å²) in [6.45, 7) is 5.89. The highest BCUT2D eigenvalue weighted by atomic mass is 32.2. The molecule has 144 valence electrons. The molecule has 0 aliphatic carbocycles. The summed E-state index contributed by atoms with van der Waals surface area (Å²) in [6.07, 6.45) is 7.71. The lowest BCUT2D eigenvalue weighted by molar-refractivity contribution is 0.0690. The van der Waals surface area contributed by atoms with Gasteiger partial charge < -0.3 is 9.80 Å². The van der Waals surface area contributed by atoms with E-state index in [1.807, 2.05) is 11.8 Å². The van der Waals surface area contributed by atoms with Gasteiger partial charge in [0.15, 0.2) is 9.84 Å². The number of piperidine rings is 1. The predicted octanol–water partition coefficient (Wildman–Crippen LogP) is 2.74. The normalized spacial score (nSPS) is 21.9. The third kappa shape index (κ3) is 4.29. The maximum Gasteiger partial charge on any atom is 0.254 e. The molecule has 0 saturated carbocycles. The summed E-state index contributed by atoms with van der Waals surface area (Å²) < 4.78 is 24.2. The van der Waals surface area contributed by atoms with Gasteiger partial charge in [-0.1, -0.05) is 19.4 Å². The Labute approximate surface area is 157 Å². The molecule has 1 unspecified atom stereocenters. The van der Waals surface area contributed by atoms with Crippen LogP contribution in [-0.2, 0) is 16.3 Å². The first-order valence-corrected chi connectivity index (χ1v) is 11.7. The van der Waals surface area contributed by atoms with Gasteiger partial charge >= 0.3 is 0 Å². The van der Waals surface area contributed by atoms with Gasteiger partial charge in [0.05, 0.1) is 4.90 Å². The van der Waals surface area contributed by atoms with Crippen molar-refractivity contribution in [2.75, 3.05) is 32.4 Å². The molecule has 26 heavy (non-hydrogen) atoms. The number of hydrogen-bond acceptors (Lipinski definition) is 4. The highest BCUT2D eigenvalue weighted by Crippen LogP contribution is 2.25. The summed E-state index contributed by atoms with van der Waals surface area (Å²) in [4.78, 5) is 17.8. The number of sulfone groups is 1. The van der Waals surface area contributed by atoms with E-state index in [0.717, 1.165) is 44.6 Å². The van der Waals surface area contributed by atoms with Crippen LogP contribution in [0.2, 0.25) is 0 Å². The van der Waals surface area contributed by atoms with Crippen molar-refractivity contribution in [3.05, 3.63) is 29.3 Å².